The van der Waals surface area contributed by atoms with Gasteiger partial charge in [-0.3, -0.25) is 4.79 Å². The molecule has 1 aromatic rings. The lowest BCUT2D eigenvalue weighted by Gasteiger charge is -2.29. The largest absolute Gasteiger partial charge is 0.467 e. The molecule has 2 rings (SSSR count). The average molecular weight is 295 g/mol. The minimum Gasteiger partial charge on any atom is -0.467 e. The van der Waals surface area contributed by atoms with Gasteiger partial charge in [0.05, 0.1) is 18.3 Å². The van der Waals surface area contributed by atoms with Crippen LogP contribution in [0.2, 0.25) is 0 Å². The van der Waals surface area contributed by atoms with Gasteiger partial charge in [0.1, 0.15) is 11.8 Å². The molecule has 1 heterocycles. The minimum atomic E-state index is -0.475. The summed E-state index contributed by atoms with van der Waals surface area (Å²) >= 11 is 0. The van der Waals surface area contributed by atoms with Crippen LogP contribution in [0.3, 0.4) is 0 Å². The fourth-order valence-corrected chi connectivity index (χ4v) is 3.06. The van der Waals surface area contributed by atoms with Gasteiger partial charge in [-0.05, 0) is 38.3 Å². The van der Waals surface area contributed by atoms with Gasteiger partial charge in [0.2, 0.25) is 5.91 Å². The molecule has 1 saturated carbocycles. The zero-order valence-corrected chi connectivity index (χ0v) is 12.6. The number of aliphatic hydroxyl groups excluding tert-OH is 1. The van der Waals surface area contributed by atoms with Crippen LogP contribution in [-0.2, 0) is 9.53 Å². The fraction of sp³-hybridized carbons (Fsp3) is 0.688. The Morgan fingerprint density at radius 3 is 2.86 bits per heavy atom. The van der Waals surface area contributed by atoms with E-state index in [1.54, 1.807) is 18.4 Å². The van der Waals surface area contributed by atoms with E-state index in [0.717, 1.165) is 32.1 Å². The van der Waals surface area contributed by atoms with Gasteiger partial charge in [0.25, 0.3) is 0 Å². The Hall–Kier alpha value is -1.33. The highest BCUT2D eigenvalue weighted by molar-refractivity contribution is 5.83. The second kappa shape index (κ2) is 7.61. The number of nitrogens with one attached hydrogen (secondary N) is 1. The van der Waals surface area contributed by atoms with Gasteiger partial charge in [-0.1, -0.05) is 12.8 Å². The fourth-order valence-electron chi connectivity index (χ4n) is 3.06. The van der Waals surface area contributed by atoms with Crippen LogP contribution in [0, 0.1) is 5.41 Å². The van der Waals surface area contributed by atoms with Crippen molar-refractivity contribution in [1.29, 1.82) is 0 Å². The molecule has 21 heavy (non-hydrogen) atoms. The third-order valence-corrected chi connectivity index (χ3v) is 4.35. The van der Waals surface area contributed by atoms with Gasteiger partial charge in [-0.25, -0.2) is 0 Å². The summed E-state index contributed by atoms with van der Waals surface area (Å²) in [4.78, 5) is 12.7. The molecule has 1 fully saturated rings. The van der Waals surface area contributed by atoms with Gasteiger partial charge in [-0.15, -0.1) is 0 Å². The van der Waals surface area contributed by atoms with E-state index in [1.807, 2.05) is 6.92 Å². The molecule has 5 heteroatoms. The molecule has 0 spiro atoms. The van der Waals surface area contributed by atoms with Gasteiger partial charge < -0.3 is 19.6 Å². The Morgan fingerprint density at radius 2 is 2.29 bits per heavy atom. The number of hydrogen-bond donors (Lipinski definition) is 2. The third-order valence-electron chi connectivity index (χ3n) is 4.35. The van der Waals surface area contributed by atoms with Crippen molar-refractivity contribution in [2.24, 2.45) is 5.41 Å². The quantitative estimate of drug-likeness (QED) is 0.722. The van der Waals surface area contributed by atoms with E-state index in [0.29, 0.717) is 19.0 Å². The van der Waals surface area contributed by atoms with Crippen molar-refractivity contribution in [3.05, 3.63) is 24.2 Å². The normalized spacial score (nSPS) is 18.6. The highest BCUT2D eigenvalue weighted by Gasteiger charge is 2.41. The van der Waals surface area contributed by atoms with Crippen molar-refractivity contribution in [3.8, 4) is 0 Å². The molecule has 0 bridgehead atoms. The van der Waals surface area contributed by atoms with E-state index in [2.05, 4.69) is 5.32 Å². The van der Waals surface area contributed by atoms with Crippen LogP contribution in [-0.4, -0.2) is 30.8 Å². The van der Waals surface area contributed by atoms with Crippen molar-refractivity contribution in [3.63, 3.8) is 0 Å². The molecule has 1 aliphatic carbocycles. The Kier molecular flexibility index (Phi) is 5.82. The van der Waals surface area contributed by atoms with Crippen LogP contribution >= 0.6 is 0 Å². The van der Waals surface area contributed by atoms with E-state index in [1.165, 1.54) is 0 Å². The molecule has 1 aliphatic rings. The molecule has 2 N–H and O–H groups in total. The summed E-state index contributed by atoms with van der Waals surface area (Å²) in [7, 11) is 0. The second-order valence-corrected chi connectivity index (χ2v) is 5.66. The first kappa shape index (κ1) is 16.0. The predicted molar refractivity (Wildman–Crippen MR) is 78.7 cm³/mol. The number of furan rings is 1. The van der Waals surface area contributed by atoms with Gasteiger partial charge in [-0.2, -0.15) is 0 Å². The van der Waals surface area contributed by atoms with E-state index in [9.17, 15) is 9.90 Å². The number of hydrogen-bond acceptors (Lipinski definition) is 4. The average Bonchev–Trinajstić information content (AvgIpc) is 3.17. The van der Waals surface area contributed by atoms with Crippen LogP contribution in [0.4, 0.5) is 0 Å². The summed E-state index contributed by atoms with van der Waals surface area (Å²) in [6.07, 6.45) is 6.21. The van der Waals surface area contributed by atoms with Crippen molar-refractivity contribution in [2.75, 3.05) is 19.8 Å². The molecule has 0 saturated heterocycles. The SMILES string of the molecule is CCOCCC1(C(=O)NC(CO)c2ccco2)CCCC1. The summed E-state index contributed by atoms with van der Waals surface area (Å²) in [6.45, 7) is 3.07. The summed E-state index contributed by atoms with van der Waals surface area (Å²) in [5.41, 5.74) is -0.352. The molecule has 1 aromatic heterocycles. The van der Waals surface area contributed by atoms with Crippen molar-refractivity contribution < 1.29 is 19.1 Å². The summed E-state index contributed by atoms with van der Waals surface area (Å²) in [5, 5.41) is 12.4. The van der Waals surface area contributed by atoms with Crippen LogP contribution in [0.1, 0.15) is 50.8 Å². The van der Waals surface area contributed by atoms with Crippen molar-refractivity contribution in [1.82, 2.24) is 5.32 Å². The number of aliphatic hydroxyl groups is 1. The molecular weight excluding hydrogens is 270 g/mol. The number of carbonyl (C=O) groups is 1. The molecular formula is C16H25NO4. The molecule has 0 aromatic carbocycles. The lowest BCUT2D eigenvalue weighted by Crippen LogP contribution is -2.42. The number of ether oxygens (including phenoxy) is 1. The molecule has 118 valence electrons. The zero-order valence-electron chi connectivity index (χ0n) is 12.6. The number of carbonyl (C=O) groups excluding carboxylic acids is 1. The molecule has 1 amide bonds. The lowest BCUT2D eigenvalue weighted by molar-refractivity contribution is -0.133. The summed E-state index contributed by atoms with van der Waals surface area (Å²) in [6, 6.07) is 3.05. The number of amides is 1. The van der Waals surface area contributed by atoms with Crippen LogP contribution < -0.4 is 5.32 Å². The minimum absolute atomic E-state index is 0.00940. The monoisotopic (exact) mass is 295 g/mol. The molecule has 1 unspecified atom stereocenters. The summed E-state index contributed by atoms with van der Waals surface area (Å²) in [5.74, 6) is 0.596. The Balaban J connectivity index is 2.01. The summed E-state index contributed by atoms with van der Waals surface area (Å²) < 4.78 is 10.7. The van der Waals surface area contributed by atoms with E-state index >= 15 is 0 Å². The molecule has 1 atom stereocenters. The third kappa shape index (κ3) is 3.86. The first-order valence-corrected chi connectivity index (χ1v) is 7.75. The van der Waals surface area contributed by atoms with Gasteiger partial charge >= 0.3 is 0 Å². The highest BCUT2D eigenvalue weighted by atomic mass is 16.5. The van der Waals surface area contributed by atoms with Crippen molar-refractivity contribution in [2.45, 2.75) is 45.1 Å². The Labute approximate surface area is 125 Å². The first-order chi connectivity index (χ1) is 10.2. The van der Waals surface area contributed by atoms with Crippen molar-refractivity contribution >= 4 is 5.91 Å². The molecule has 0 radical (unpaired) electrons. The zero-order chi connectivity index (χ0) is 15.1. The smallest absolute Gasteiger partial charge is 0.226 e. The lowest BCUT2D eigenvalue weighted by atomic mass is 9.81. The molecule has 0 aliphatic heterocycles. The maximum Gasteiger partial charge on any atom is 0.226 e. The van der Waals surface area contributed by atoms with Gasteiger partial charge in [0.15, 0.2) is 0 Å². The van der Waals surface area contributed by atoms with E-state index < -0.39 is 6.04 Å². The Morgan fingerprint density at radius 1 is 1.52 bits per heavy atom. The highest BCUT2D eigenvalue weighted by Crippen LogP contribution is 2.41. The number of rotatable bonds is 8. The molecule has 5 nitrogen and oxygen atoms in total. The van der Waals surface area contributed by atoms with E-state index in [-0.39, 0.29) is 17.9 Å². The van der Waals surface area contributed by atoms with Crippen LogP contribution in [0.15, 0.2) is 22.8 Å². The topological polar surface area (TPSA) is 71.7 Å². The van der Waals surface area contributed by atoms with Crippen LogP contribution in [0.5, 0.6) is 0 Å². The second-order valence-electron chi connectivity index (χ2n) is 5.66. The Bertz CT molecular complexity index is 423. The maximum absolute atomic E-state index is 12.7. The maximum atomic E-state index is 12.7. The van der Waals surface area contributed by atoms with Crippen LogP contribution in [0.25, 0.3) is 0 Å². The van der Waals surface area contributed by atoms with Gasteiger partial charge in [0, 0.05) is 13.2 Å². The first-order valence-electron chi connectivity index (χ1n) is 7.75. The van der Waals surface area contributed by atoms with E-state index in [4.69, 9.17) is 9.15 Å². The standard InChI is InChI=1S/C16H25NO4/c1-2-20-11-9-16(7-3-4-8-16)15(19)17-13(12-18)14-6-5-10-21-14/h5-6,10,13,18H,2-4,7-9,11-12H2,1H3,(H,17,19). The predicted octanol–water partition coefficient (Wildman–Crippen LogP) is 2.42.